The van der Waals surface area contributed by atoms with Crippen LogP contribution in [0.15, 0.2) is 64.3 Å². The van der Waals surface area contributed by atoms with Crippen LogP contribution in [-0.2, 0) is 4.79 Å². The quantitative estimate of drug-likeness (QED) is 0.268. The van der Waals surface area contributed by atoms with E-state index in [1.54, 1.807) is 18.2 Å². The number of unbranched alkanes of at least 4 members (excludes halogenated alkanes) is 2. The van der Waals surface area contributed by atoms with Crippen LogP contribution in [-0.4, -0.2) is 67.5 Å². The molecule has 0 saturated heterocycles. The molecule has 37 heavy (non-hydrogen) atoms. The number of ketones is 1. The second-order valence-electron chi connectivity index (χ2n) is 9.41. The van der Waals surface area contributed by atoms with Crippen LogP contribution in [0.2, 0.25) is 0 Å². The first-order chi connectivity index (χ1) is 17.8. The Labute approximate surface area is 217 Å². The minimum Gasteiger partial charge on any atom is -0.503 e. The van der Waals surface area contributed by atoms with Crippen LogP contribution in [0.3, 0.4) is 0 Å². The molecule has 3 aromatic rings. The second kappa shape index (κ2) is 11.5. The zero-order valence-corrected chi connectivity index (χ0v) is 21.8. The number of benzene rings is 2. The number of nitrogens with zero attached hydrogens (tertiary/aromatic N) is 2. The fourth-order valence-corrected chi connectivity index (χ4v) is 4.53. The highest BCUT2D eigenvalue weighted by molar-refractivity contribution is 6.16. The molecule has 2 aromatic carbocycles. The highest BCUT2D eigenvalue weighted by Gasteiger charge is 2.44. The van der Waals surface area contributed by atoms with Gasteiger partial charge >= 0.3 is 0 Å². The number of rotatable bonds is 12. The van der Waals surface area contributed by atoms with Gasteiger partial charge in [-0.05, 0) is 50.3 Å². The number of likely N-dealkylation sites (N-methyl/N-ethyl adjacent to an activating group) is 1. The Balaban J connectivity index is 1.73. The Morgan fingerprint density at radius 2 is 1.92 bits per heavy atom. The summed E-state index contributed by atoms with van der Waals surface area (Å²) in [6.45, 7) is 3.60. The lowest BCUT2D eigenvalue weighted by atomic mass is 9.95. The summed E-state index contributed by atoms with van der Waals surface area (Å²) in [6, 6.07) is 13.5. The van der Waals surface area contributed by atoms with Crippen LogP contribution < -0.4 is 9.47 Å². The number of ether oxygens (including phenoxy) is 2. The zero-order chi connectivity index (χ0) is 26.5. The number of furan rings is 1. The number of Topliss-reactive ketones (excluding diaryl/α,β-unsaturated/α-hetero) is 1. The first kappa shape index (κ1) is 26.3. The van der Waals surface area contributed by atoms with Gasteiger partial charge in [-0.15, -0.1) is 0 Å². The predicted octanol–water partition coefficient (Wildman–Crippen LogP) is 5.15. The highest BCUT2D eigenvalue weighted by atomic mass is 16.5. The van der Waals surface area contributed by atoms with E-state index in [1.165, 1.54) is 12.0 Å². The zero-order valence-electron chi connectivity index (χ0n) is 21.8. The van der Waals surface area contributed by atoms with Gasteiger partial charge in [-0.3, -0.25) is 9.59 Å². The number of hydrogen-bond donors (Lipinski definition) is 1. The molecule has 4 rings (SSSR count). The van der Waals surface area contributed by atoms with Crippen LogP contribution in [0.4, 0.5) is 0 Å². The van der Waals surface area contributed by atoms with Gasteiger partial charge in [-0.2, -0.15) is 0 Å². The van der Waals surface area contributed by atoms with E-state index in [9.17, 15) is 14.7 Å². The third-order valence-electron chi connectivity index (χ3n) is 6.48. The van der Waals surface area contributed by atoms with Crippen molar-refractivity contribution in [2.45, 2.75) is 32.2 Å². The molecule has 1 aliphatic heterocycles. The summed E-state index contributed by atoms with van der Waals surface area (Å²) >= 11 is 0. The van der Waals surface area contributed by atoms with E-state index in [1.807, 2.05) is 49.3 Å². The fraction of sp³-hybridized carbons (Fsp3) is 0.379. The number of carbonyl (C=O) groups is 2. The average molecular weight is 507 g/mol. The van der Waals surface area contributed by atoms with Gasteiger partial charge in [0, 0.05) is 18.5 Å². The molecule has 1 atom stereocenters. The minimum absolute atomic E-state index is 0.00934. The molecule has 8 nitrogen and oxygen atoms in total. The van der Waals surface area contributed by atoms with E-state index in [0.29, 0.717) is 47.7 Å². The molecule has 1 aromatic heterocycles. The third-order valence-corrected chi connectivity index (χ3v) is 6.48. The second-order valence-corrected chi connectivity index (χ2v) is 9.41. The van der Waals surface area contributed by atoms with Crippen molar-refractivity contribution in [2.24, 2.45) is 0 Å². The van der Waals surface area contributed by atoms with E-state index >= 15 is 0 Å². The average Bonchev–Trinajstić information content (AvgIpc) is 3.44. The van der Waals surface area contributed by atoms with Crippen molar-refractivity contribution in [1.29, 1.82) is 0 Å². The van der Waals surface area contributed by atoms with Crippen molar-refractivity contribution < 1.29 is 28.6 Å². The van der Waals surface area contributed by atoms with Crippen LogP contribution in [0.25, 0.3) is 11.0 Å². The maximum Gasteiger partial charge on any atom is 0.290 e. The van der Waals surface area contributed by atoms with Crippen molar-refractivity contribution in [2.75, 3.05) is 40.9 Å². The molecule has 1 amide bonds. The third kappa shape index (κ3) is 5.49. The minimum atomic E-state index is -0.783. The molecular formula is C29H34N2O6. The van der Waals surface area contributed by atoms with Gasteiger partial charge in [-0.1, -0.05) is 44.0 Å². The lowest BCUT2D eigenvalue weighted by Crippen LogP contribution is -2.36. The normalized spacial score (nSPS) is 15.8. The molecule has 0 aliphatic carbocycles. The summed E-state index contributed by atoms with van der Waals surface area (Å²) < 4.78 is 17.2. The molecule has 1 unspecified atom stereocenters. The number of fused-ring (bicyclic) bond motifs is 1. The van der Waals surface area contributed by atoms with Crippen LogP contribution in [0.1, 0.15) is 48.3 Å². The largest absolute Gasteiger partial charge is 0.503 e. The molecule has 1 N–H and O–H groups in total. The number of hydrogen-bond acceptors (Lipinski definition) is 7. The molecule has 2 heterocycles. The Morgan fingerprint density at radius 1 is 1.14 bits per heavy atom. The highest BCUT2D eigenvalue weighted by Crippen LogP contribution is 2.41. The van der Waals surface area contributed by atoms with Gasteiger partial charge in [-0.25, -0.2) is 0 Å². The van der Waals surface area contributed by atoms with E-state index in [0.717, 1.165) is 19.3 Å². The number of para-hydroxylation sites is 1. The van der Waals surface area contributed by atoms with Crippen molar-refractivity contribution in [3.63, 3.8) is 0 Å². The van der Waals surface area contributed by atoms with Crippen molar-refractivity contribution in [1.82, 2.24) is 9.80 Å². The van der Waals surface area contributed by atoms with Gasteiger partial charge in [0.25, 0.3) is 5.91 Å². The van der Waals surface area contributed by atoms with Crippen LogP contribution in [0.5, 0.6) is 11.5 Å². The molecule has 0 spiro atoms. The maximum absolute atomic E-state index is 13.8. The van der Waals surface area contributed by atoms with Gasteiger partial charge in [0.1, 0.15) is 5.75 Å². The number of methoxy groups -OCH3 is 1. The lowest BCUT2D eigenvalue weighted by Gasteiger charge is -2.28. The standard InChI is InChI=1S/C29H34N2O6/c1-5-6-7-16-36-21-12-8-10-19(17-21)25-24(27(33)29(34)31(25)15-14-30(2)3)26(32)23-18-20-11-9-13-22(35-4)28(20)37-23/h8-13,17-18,25,33H,5-7,14-16H2,1-4H3. The van der Waals surface area contributed by atoms with E-state index < -0.39 is 23.5 Å². The maximum atomic E-state index is 13.8. The number of carbonyl (C=O) groups excluding carboxylic acids is 2. The van der Waals surface area contributed by atoms with Crippen molar-refractivity contribution >= 4 is 22.7 Å². The Morgan fingerprint density at radius 3 is 2.65 bits per heavy atom. The van der Waals surface area contributed by atoms with Gasteiger partial charge < -0.3 is 28.8 Å². The number of amides is 1. The smallest absolute Gasteiger partial charge is 0.290 e. The molecular weight excluding hydrogens is 472 g/mol. The first-order valence-electron chi connectivity index (χ1n) is 12.6. The van der Waals surface area contributed by atoms with Crippen LogP contribution in [0, 0.1) is 0 Å². The molecule has 0 radical (unpaired) electrons. The summed E-state index contributed by atoms with van der Waals surface area (Å²) in [5.41, 5.74) is 1.10. The number of aliphatic hydroxyl groups is 1. The SMILES string of the molecule is CCCCCOc1cccc(C2C(C(=O)c3cc4cccc(OC)c4o3)=C(O)C(=O)N2CCN(C)C)c1. The monoisotopic (exact) mass is 506 g/mol. The Hall–Kier alpha value is -3.78. The first-order valence-corrected chi connectivity index (χ1v) is 12.6. The summed E-state index contributed by atoms with van der Waals surface area (Å²) in [7, 11) is 5.33. The molecule has 0 fully saturated rings. The van der Waals surface area contributed by atoms with E-state index in [2.05, 4.69) is 6.92 Å². The number of aliphatic hydroxyl groups excluding tert-OH is 1. The van der Waals surface area contributed by atoms with Gasteiger partial charge in [0.15, 0.2) is 22.9 Å². The molecule has 0 bridgehead atoms. The molecule has 0 saturated carbocycles. The topological polar surface area (TPSA) is 92.4 Å². The summed E-state index contributed by atoms with van der Waals surface area (Å²) in [5.74, 6) is -0.515. The van der Waals surface area contributed by atoms with Crippen molar-refractivity contribution in [3.05, 3.63) is 71.2 Å². The summed E-state index contributed by atoms with van der Waals surface area (Å²) in [6.07, 6.45) is 3.11. The molecule has 1 aliphatic rings. The lowest BCUT2D eigenvalue weighted by molar-refractivity contribution is -0.129. The van der Waals surface area contributed by atoms with E-state index in [-0.39, 0.29) is 11.3 Å². The fourth-order valence-electron chi connectivity index (χ4n) is 4.53. The summed E-state index contributed by atoms with van der Waals surface area (Å²) in [4.78, 5) is 30.5. The Bertz CT molecular complexity index is 1310. The van der Waals surface area contributed by atoms with Crippen LogP contribution >= 0.6 is 0 Å². The van der Waals surface area contributed by atoms with Crippen molar-refractivity contribution in [3.8, 4) is 11.5 Å². The molecule has 8 heteroatoms. The summed E-state index contributed by atoms with van der Waals surface area (Å²) in [5, 5.41) is 11.6. The Kier molecular flexibility index (Phi) is 8.18. The van der Waals surface area contributed by atoms with E-state index in [4.69, 9.17) is 13.9 Å². The van der Waals surface area contributed by atoms with Gasteiger partial charge in [0.2, 0.25) is 5.78 Å². The molecule has 196 valence electrons. The predicted molar refractivity (Wildman–Crippen MR) is 141 cm³/mol. The van der Waals surface area contributed by atoms with Gasteiger partial charge in [0.05, 0.1) is 25.3 Å².